The normalized spacial score (nSPS) is 23.6. The Morgan fingerprint density at radius 3 is 1.39 bits per heavy atom. The second kappa shape index (κ2) is 14.8. The van der Waals surface area contributed by atoms with Gasteiger partial charge in [-0.25, -0.2) is 0 Å². The first kappa shape index (κ1) is 28.8. The van der Waals surface area contributed by atoms with Crippen LogP contribution in [0.15, 0.2) is 60.7 Å². The molecule has 3 rings (SSSR count). The predicted octanol–water partition coefficient (Wildman–Crippen LogP) is 5.57. The summed E-state index contributed by atoms with van der Waals surface area (Å²) in [6, 6.07) is 20.3. The van der Waals surface area contributed by atoms with Crippen LogP contribution in [0.25, 0.3) is 0 Å². The van der Waals surface area contributed by atoms with Crippen molar-refractivity contribution in [2.75, 3.05) is 39.6 Å². The Labute approximate surface area is 217 Å². The fraction of sp³-hybridized carbons (Fsp3) is 0.600. The van der Waals surface area contributed by atoms with E-state index in [2.05, 4.69) is 52.0 Å². The van der Waals surface area contributed by atoms with Crippen molar-refractivity contribution in [2.24, 2.45) is 0 Å². The van der Waals surface area contributed by atoms with Gasteiger partial charge in [-0.3, -0.25) is 0 Å². The molecule has 1 aliphatic heterocycles. The molecule has 0 amide bonds. The highest BCUT2D eigenvalue weighted by atomic mass is 16.6. The van der Waals surface area contributed by atoms with Gasteiger partial charge in [-0.15, -0.1) is 0 Å². The zero-order valence-electron chi connectivity index (χ0n) is 22.4. The largest absolute Gasteiger partial charge is 0.374 e. The highest BCUT2D eigenvalue weighted by Crippen LogP contribution is 2.29. The Kier molecular flexibility index (Phi) is 11.8. The number of benzene rings is 2. The molecule has 1 heterocycles. The van der Waals surface area contributed by atoms with Crippen LogP contribution in [-0.4, -0.2) is 63.1 Å². The molecule has 6 heteroatoms. The molecule has 0 radical (unpaired) electrons. The van der Waals surface area contributed by atoms with Crippen LogP contribution in [0.2, 0.25) is 0 Å². The lowest BCUT2D eigenvalue weighted by Gasteiger charge is -2.41. The number of hydrogen-bond donors (Lipinski definition) is 0. The van der Waals surface area contributed by atoms with Crippen molar-refractivity contribution in [1.29, 1.82) is 0 Å². The van der Waals surface area contributed by atoms with Gasteiger partial charge in [-0.05, 0) is 51.7 Å². The molecule has 6 nitrogen and oxygen atoms in total. The van der Waals surface area contributed by atoms with Gasteiger partial charge in [0.15, 0.2) is 0 Å². The summed E-state index contributed by atoms with van der Waals surface area (Å²) < 4.78 is 37.2. The number of rotatable bonds is 8. The van der Waals surface area contributed by atoms with Gasteiger partial charge in [-0.2, -0.15) is 0 Å². The van der Waals surface area contributed by atoms with Gasteiger partial charge in [0.05, 0.1) is 37.6 Å². The molecule has 36 heavy (non-hydrogen) atoms. The minimum Gasteiger partial charge on any atom is -0.374 e. The van der Waals surface area contributed by atoms with Crippen LogP contribution in [0.1, 0.15) is 51.7 Å². The lowest BCUT2D eigenvalue weighted by molar-refractivity contribution is -0.187. The maximum atomic E-state index is 6.32. The molecule has 2 aromatic rings. The van der Waals surface area contributed by atoms with E-state index in [1.54, 1.807) is 0 Å². The molecule has 0 spiro atoms. The molecule has 2 atom stereocenters. The van der Waals surface area contributed by atoms with Crippen molar-refractivity contribution in [3.05, 3.63) is 71.8 Å². The van der Waals surface area contributed by atoms with E-state index < -0.39 is 11.2 Å². The van der Waals surface area contributed by atoms with E-state index in [1.807, 2.05) is 36.4 Å². The van der Waals surface area contributed by atoms with E-state index in [0.29, 0.717) is 52.9 Å². The van der Waals surface area contributed by atoms with Crippen LogP contribution in [0.3, 0.4) is 0 Å². The van der Waals surface area contributed by atoms with Gasteiger partial charge in [0.2, 0.25) is 0 Å². The second-order valence-electron chi connectivity index (χ2n) is 10.2. The van der Waals surface area contributed by atoms with Crippen LogP contribution in [0, 0.1) is 0 Å². The van der Waals surface area contributed by atoms with Gasteiger partial charge in [-0.1, -0.05) is 60.7 Å². The van der Waals surface area contributed by atoms with E-state index in [4.69, 9.17) is 28.4 Å². The first-order chi connectivity index (χ1) is 17.4. The molecule has 1 fully saturated rings. The summed E-state index contributed by atoms with van der Waals surface area (Å²) in [5, 5.41) is 0. The SMILES string of the molecule is CC1(C)OCCCOC(COCc2ccccc2)[C@@H](COCc2ccccc2)OCCCOC1(C)C. The van der Waals surface area contributed by atoms with E-state index in [9.17, 15) is 0 Å². The van der Waals surface area contributed by atoms with Crippen LogP contribution in [-0.2, 0) is 41.6 Å². The topological polar surface area (TPSA) is 55.4 Å². The smallest absolute Gasteiger partial charge is 0.109 e. The van der Waals surface area contributed by atoms with Crippen molar-refractivity contribution in [3.63, 3.8) is 0 Å². The molecule has 0 aromatic heterocycles. The highest BCUT2D eigenvalue weighted by molar-refractivity contribution is 5.14. The van der Waals surface area contributed by atoms with Crippen molar-refractivity contribution in [2.45, 2.75) is 77.2 Å². The summed E-state index contributed by atoms with van der Waals surface area (Å²) >= 11 is 0. The maximum absolute atomic E-state index is 6.32. The Bertz CT molecular complexity index is 768. The predicted molar refractivity (Wildman–Crippen MR) is 141 cm³/mol. The third kappa shape index (κ3) is 9.58. The average molecular weight is 501 g/mol. The molecule has 0 aliphatic carbocycles. The quantitative estimate of drug-likeness (QED) is 0.472. The van der Waals surface area contributed by atoms with Gasteiger partial charge >= 0.3 is 0 Å². The average Bonchev–Trinajstić information content (AvgIpc) is 2.87. The second-order valence-corrected chi connectivity index (χ2v) is 10.2. The molecule has 0 bridgehead atoms. The van der Waals surface area contributed by atoms with Gasteiger partial charge < -0.3 is 28.4 Å². The summed E-state index contributed by atoms with van der Waals surface area (Å²) in [6.45, 7) is 12.5. The lowest BCUT2D eigenvalue weighted by atomic mass is 9.89. The summed E-state index contributed by atoms with van der Waals surface area (Å²) in [5.74, 6) is 0. The molecular formula is C30H44O6. The molecule has 200 valence electrons. The van der Waals surface area contributed by atoms with Crippen molar-refractivity contribution in [3.8, 4) is 0 Å². The fourth-order valence-electron chi connectivity index (χ4n) is 3.85. The molecule has 1 saturated heterocycles. The van der Waals surface area contributed by atoms with E-state index >= 15 is 0 Å². The van der Waals surface area contributed by atoms with Gasteiger partial charge in [0, 0.05) is 26.4 Å². The van der Waals surface area contributed by atoms with Crippen LogP contribution in [0.4, 0.5) is 0 Å². The van der Waals surface area contributed by atoms with E-state index in [-0.39, 0.29) is 12.2 Å². The Hall–Kier alpha value is -1.80. The lowest BCUT2D eigenvalue weighted by Crippen LogP contribution is -2.50. The summed E-state index contributed by atoms with van der Waals surface area (Å²) in [6.07, 6.45) is 1.04. The standard InChI is InChI=1S/C30H44O6/c1-29(2)30(3,4)36-20-12-18-34-28(24-32-22-26-15-9-6-10-16-26)27(33-17-11-19-35-29)23-31-21-25-13-7-5-8-14-25/h5-10,13-16,27-28H,11-12,17-24H2,1-4H3/t27-,28?/m1/s1. The van der Waals surface area contributed by atoms with Crippen molar-refractivity contribution >= 4 is 0 Å². The van der Waals surface area contributed by atoms with E-state index in [1.165, 1.54) is 0 Å². The zero-order valence-corrected chi connectivity index (χ0v) is 22.4. The van der Waals surface area contributed by atoms with Gasteiger partial charge in [0.25, 0.3) is 0 Å². The summed E-state index contributed by atoms with van der Waals surface area (Å²) in [5.41, 5.74) is 1.44. The number of hydrogen-bond acceptors (Lipinski definition) is 6. The monoisotopic (exact) mass is 500 g/mol. The Morgan fingerprint density at radius 1 is 0.611 bits per heavy atom. The highest BCUT2D eigenvalue weighted by Gasteiger charge is 2.39. The Balaban J connectivity index is 1.62. The molecular weight excluding hydrogens is 456 g/mol. The fourth-order valence-corrected chi connectivity index (χ4v) is 3.85. The zero-order chi connectivity index (χ0) is 25.7. The minimum absolute atomic E-state index is 0.252. The first-order valence-electron chi connectivity index (χ1n) is 13.1. The first-order valence-corrected chi connectivity index (χ1v) is 13.1. The van der Waals surface area contributed by atoms with Gasteiger partial charge in [0.1, 0.15) is 12.2 Å². The third-order valence-corrected chi connectivity index (χ3v) is 6.82. The summed E-state index contributed by atoms with van der Waals surface area (Å²) in [4.78, 5) is 0. The molecule has 0 saturated carbocycles. The number of ether oxygens (including phenoxy) is 6. The summed E-state index contributed by atoms with van der Waals surface area (Å²) in [7, 11) is 0. The molecule has 1 aliphatic rings. The molecule has 0 N–H and O–H groups in total. The minimum atomic E-state index is -0.413. The van der Waals surface area contributed by atoms with Crippen LogP contribution in [0.5, 0.6) is 0 Å². The van der Waals surface area contributed by atoms with Crippen LogP contribution >= 0.6 is 0 Å². The Morgan fingerprint density at radius 2 is 1.00 bits per heavy atom. The molecule has 1 unspecified atom stereocenters. The van der Waals surface area contributed by atoms with Crippen molar-refractivity contribution < 1.29 is 28.4 Å². The van der Waals surface area contributed by atoms with E-state index in [0.717, 1.165) is 24.0 Å². The maximum Gasteiger partial charge on any atom is 0.109 e. The molecule has 2 aromatic carbocycles. The third-order valence-electron chi connectivity index (χ3n) is 6.82. The van der Waals surface area contributed by atoms with Crippen molar-refractivity contribution in [1.82, 2.24) is 0 Å². The van der Waals surface area contributed by atoms with Crippen LogP contribution < -0.4 is 0 Å².